The van der Waals surface area contributed by atoms with E-state index in [4.69, 9.17) is 14.2 Å². The Morgan fingerprint density at radius 2 is 1.60 bits per heavy atom. The van der Waals surface area contributed by atoms with Gasteiger partial charge in [0, 0.05) is 18.7 Å². The lowest BCUT2D eigenvalue weighted by atomic mass is 10.1. The predicted octanol–water partition coefficient (Wildman–Crippen LogP) is 6.03. The van der Waals surface area contributed by atoms with E-state index in [9.17, 15) is 0 Å². The zero-order valence-electron chi connectivity index (χ0n) is 17.7. The van der Waals surface area contributed by atoms with E-state index in [-0.39, 0.29) is 0 Å². The van der Waals surface area contributed by atoms with E-state index in [1.54, 1.807) is 7.11 Å². The van der Waals surface area contributed by atoms with Crippen molar-refractivity contribution in [2.24, 2.45) is 0 Å². The van der Waals surface area contributed by atoms with Crippen molar-refractivity contribution in [1.82, 2.24) is 5.32 Å². The van der Waals surface area contributed by atoms with Gasteiger partial charge in [0.2, 0.25) is 0 Å². The number of methoxy groups -OCH3 is 1. The summed E-state index contributed by atoms with van der Waals surface area (Å²) in [4.78, 5) is 0. The van der Waals surface area contributed by atoms with Gasteiger partial charge in [0.25, 0.3) is 0 Å². The van der Waals surface area contributed by atoms with E-state index in [0.717, 1.165) is 45.0 Å². The van der Waals surface area contributed by atoms with Gasteiger partial charge in [-0.2, -0.15) is 0 Å². The molecule has 4 nitrogen and oxygen atoms in total. The lowest BCUT2D eigenvalue weighted by Crippen LogP contribution is -2.13. The minimum absolute atomic E-state index is 0.497. The average molecular weight is 470 g/mol. The molecule has 0 atom stereocenters. The first-order chi connectivity index (χ1) is 14.6. The molecule has 30 heavy (non-hydrogen) atoms. The van der Waals surface area contributed by atoms with Crippen molar-refractivity contribution >= 4 is 15.9 Å². The quantitative estimate of drug-likeness (QED) is 0.393. The third kappa shape index (κ3) is 5.77. The summed E-state index contributed by atoms with van der Waals surface area (Å²) < 4.78 is 18.3. The molecule has 0 aliphatic heterocycles. The summed E-state index contributed by atoms with van der Waals surface area (Å²) in [6.07, 6.45) is 0. The van der Waals surface area contributed by atoms with Gasteiger partial charge < -0.3 is 19.5 Å². The molecule has 5 heteroatoms. The molecule has 3 aromatic carbocycles. The van der Waals surface area contributed by atoms with Gasteiger partial charge in [-0.3, -0.25) is 0 Å². The Labute approximate surface area is 187 Å². The number of hydrogen-bond donors (Lipinski definition) is 1. The molecule has 0 radical (unpaired) electrons. The Morgan fingerprint density at radius 1 is 0.867 bits per heavy atom. The molecule has 0 aliphatic carbocycles. The first-order valence-corrected chi connectivity index (χ1v) is 10.9. The predicted molar refractivity (Wildman–Crippen MR) is 124 cm³/mol. The summed E-state index contributed by atoms with van der Waals surface area (Å²) in [5.74, 6) is 2.37. The van der Waals surface area contributed by atoms with Gasteiger partial charge in [0.05, 0.1) is 18.2 Å². The molecule has 0 fully saturated rings. The minimum atomic E-state index is 0.497. The number of para-hydroxylation sites is 1. The van der Waals surface area contributed by atoms with Gasteiger partial charge in [-0.1, -0.05) is 42.5 Å². The van der Waals surface area contributed by atoms with E-state index in [0.29, 0.717) is 19.8 Å². The molecule has 0 aliphatic rings. The molecule has 0 heterocycles. The van der Waals surface area contributed by atoms with Crippen molar-refractivity contribution in [3.05, 3.63) is 87.4 Å². The molecular weight excluding hydrogens is 442 g/mol. The molecule has 1 N–H and O–H groups in total. The van der Waals surface area contributed by atoms with E-state index in [1.807, 2.05) is 43.3 Å². The molecule has 0 spiro atoms. The van der Waals surface area contributed by atoms with Crippen molar-refractivity contribution in [1.29, 1.82) is 0 Å². The first kappa shape index (κ1) is 22.2. The summed E-state index contributed by atoms with van der Waals surface area (Å²) in [5.41, 5.74) is 4.61. The Hall–Kier alpha value is -2.50. The van der Waals surface area contributed by atoms with Crippen LogP contribution in [0.1, 0.15) is 29.2 Å². The molecule has 3 rings (SSSR count). The number of aryl methyl sites for hydroxylation is 1. The molecule has 0 saturated carbocycles. The van der Waals surface area contributed by atoms with Gasteiger partial charge in [-0.15, -0.1) is 0 Å². The molecule has 0 unspecified atom stereocenters. The SMILES string of the molecule is CCOc1cc(CNCc2ccccc2OC)cc(Br)c1OCc1ccccc1C. The van der Waals surface area contributed by atoms with Gasteiger partial charge >= 0.3 is 0 Å². The third-order valence-electron chi connectivity index (χ3n) is 4.84. The van der Waals surface area contributed by atoms with Crippen LogP contribution in [0.2, 0.25) is 0 Å². The Morgan fingerprint density at radius 3 is 2.33 bits per heavy atom. The van der Waals surface area contributed by atoms with Gasteiger partial charge in [-0.05, 0) is 64.7 Å². The summed E-state index contributed by atoms with van der Waals surface area (Å²) in [5, 5.41) is 3.48. The third-order valence-corrected chi connectivity index (χ3v) is 5.43. The number of halogens is 1. The summed E-state index contributed by atoms with van der Waals surface area (Å²) >= 11 is 3.67. The van der Waals surface area contributed by atoms with Crippen LogP contribution < -0.4 is 19.5 Å². The van der Waals surface area contributed by atoms with E-state index >= 15 is 0 Å². The maximum atomic E-state index is 6.14. The Kier molecular flexibility index (Phi) is 8.17. The van der Waals surface area contributed by atoms with Crippen LogP contribution >= 0.6 is 15.9 Å². The van der Waals surface area contributed by atoms with Crippen LogP contribution in [0.25, 0.3) is 0 Å². The van der Waals surface area contributed by atoms with Crippen LogP contribution in [0.5, 0.6) is 17.2 Å². The summed E-state index contributed by atoms with van der Waals surface area (Å²) in [7, 11) is 1.69. The normalized spacial score (nSPS) is 10.7. The number of benzene rings is 3. The monoisotopic (exact) mass is 469 g/mol. The first-order valence-electron chi connectivity index (χ1n) is 10.1. The highest BCUT2D eigenvalue weighted by molar-refractivity contribution is 9.10. The topological polar surface area (TPSA) is 39.7 Å². The second-order valence-corrected chi connectivity index (χ2v) is 7.82. The fourth-order valence-electron chi connectivity index (χ4n) is 3.24. The maximum Gasteiger partial charge on any atom is 0.175 e. The van der Waals surface area contributed by atoms with E-state index in [1.165, 1.54) is 5.56 Å². The van der Waals surface area contributed by atoms with E-state index in [2.05, 4.69) is 52.4 Å². The van der Waals surface area contributed by atoms with Crippen LogP contribution in [0, 0.1) is 6.92 Å². The van der Waals surface area contributed by atoms with Crippen LogP contribution in [0.4, 0.5) is 0 Å². The Bertz CT molecular complexity index is 974. The molecule has 158 valence electrons. The second-order valence-electron chi connectivity index (χ2n) is 6.97. The van der Waals surface area contributed by atoms with Crippen molar-refractivity contribution in [2.45, 2.75) is 33.5 Å². The standard InChI is InChI=1S/C25H28BrNO3/c1-4-29-24-14-19(15-27-16-20-10-7-8-12-23(20)28-3)13-22(26)25(24)30-17-21-11-6-5-9-18(21)2/h5-14,27H,4,15-17H2,1-3H3. The van der Waals surface area contributed by atoms with Gasteiger partial charge in [0.1, 0.15) is 12.4 Å². The molecule has 3 aromatic rings. The zero-order chi connectivity index (χ0) is 21.3. The molecule has 0 aromatic heterocycles. The largest absolute Gasteiger partial charge is 0.496 e. The number of rotatable bonds is 10. The zero-order valence-corrected chi connectivity index (χ0v) is 19.3. The summed E-state index contributed by atoms with van der Waals surface area (Å²) in [6, 6.07) is 20.4. The van der Waals surface area contributed by atoms with Crippen molar-refractivity contribution in [2.75, 3.05) is 13.7 Å². The van der Waals surface area contributed by atoms with Gasteiger partial charge in [0.15, 0.2) is 11.5 Å². The maximum absolute atomic E-state index is 6.14. The number of hydrogen-bond acceptors (Lipinski definition) is 4. The fourth-order valence-corrected chi connectivity index (χ4v) is 3.84. The van der Waals surface area contributed by atoms with E-state index < -0.39 is 0 Å². The highest BCUT2D eigenvalue weighted by Crippen LogP contribution is 2.37. The highest BCUT2D eigenvalue weighted by Gasteiger charge is 2.13. The Balaban J connectivity index is 1.70. The molecule has 0 saturated heterocycles. The van der Waals surface area contributed by atoms with Crippen LogP contribution in [-0.4, -0.2) is 13.7 Å². The lowest BCUT2D eigenvalue weighted by molar-refractivity contribution is 0.267. The average Bonchev–Trinajstić information content (AvgIpc) is 2.75. The molecule has 0 bridgehead atoms. The summed E-state index contributed by atoms with van der Waals surface area (Å²) in [6.45, 7) is 6.56. The van der Waals surface area contributed by atoms with Crippen molar-refractivity contribution in [3.63, 3.8) is 0 Å². The lowest BCUT2D eigenvalue weighted by Gasteiger charge is -2.17. The van der Waals surface area contributed by atoms with Crippen LogP contribution in [0.15, 0.2) is 65.1 Å². The number of ether oxygens (including phenoxy) is 3. The second kappa shape index (κ2) is 11.0. The van der Waals surface area contributed by atoms with Crippen molar-refractivity contribution in [3.8, 4) is 17.2 Å². The highest BCUT2D eigenvalue weighted by atomic mass is 79.9. The number of nitrogens with one attached hydrogen (secondary N) is 1. The van der Waals surface area contributed by atoms with Crippen molar-refractivity contribution < 1.29 is 14.2 Å². The smallest absolute Gasteiger partial charge is 0.175 e. The fraction of sp³-hybridized carbons (Fsp3) is 0.280. The molecular formula is C25H28BrNO3. The minimum Gasteiger partial charge on any atom is -0.496 e. The van der Waals surface area contributed by atoms with Gasteiger partial charge in [-0.25, -0.2) is 0 Å². The van der Waals surface area contributed by atoms with Crippen LogP contribution in [0.3, 0.4) is 0 Å². The van der Waals surface area contributed by atoms with Crippen LogP contribution in [-0.2, 0) is 19.7 Å². The molecule has 0 amide bonds.